The quantitative estimate of drug-likeness (QED) is 0.645. The fourth-order valence-electron chi connectivity index (χ4n) is 2.11. The van der Waals surface area contributed by atoms with E-state index in [-0.39, 0.29) is 0 Å². The lowest BCUT2D eigenvalue weighted by Crippen LogP contribution is -2.03. The van der Waals surface area contributed by atoms with Crippen LogP contribution in [0.15, 0.2) is 30.4 Å². The van der Waals surface area contributed by atoms with E-state index in [1.165, 1.54) is 27.7 Å². The van der Waals surface area contributed by atoms with Crippen LogP contribution in [0.2, 0.25) is 0 Å². The van der Waals surface area contributed by atoms with E-state index in [2.05, 4.69) is 37.0 Å². The minimum absolute atomic E-state index is 0.558. The Labute approximate surface area is 128 Å². The molecule has 6 nitrogen and oxygen atoms in total. The lowest BCUT2D eigenvalue weighted by molar-refractivity contribution is -0.134. The largest absolute Gasteiger partial charge is 0.478 e. The normalized spacial score (nSPS) is 10.5. The molecule has 0 bridgehead atoms. The fourth-order valence-corrected chi connectivity index (χ4v) is 2.11. The van der Waals surface area contributed by atoms with Crippen molar-refractivity contribution in [2.75, 3.05) is 6.54 Å². The third-order valence-electron chi connectivity index (χ3n) is 3.04. The number of H-pyrrole nitrogens is 1. The minimum Gasteiger partial charge on any atom is -0.478 e. The Kier molecular flexibility index (Phi) is 6.34. The summed E-state index contributed by atoms with van der Waals surface area (Å²) in [4.78, 5) is 22.5. The SMILES string of the molecule is Cc1ccc2[nH]c(C)c(CCN)c2c1.O=C(O)/C=C\C(=O)O. The zero-order valence-electron chi connectivity index (χ0n) is 12.6. The second kappa shape index (κ2) is 7.99. The fraction of sp³-hybridized carbons (Fsp3) is 0.250. The molecule has 22 heavy (non-hydrogen) atoms. The van der Waals surface area contributed by atoms with Gasteiger partial charge in [0.2, 0.25) is 0 Å². The van der Waals surface area contributed by atoms with Crippen LogP contribution in [-0.4, -0.2) is 33.7 Å². The molecule has 6 heteroatoms. The van der Waals surface area contributed by atoms with Crippen molar-refractivity contribution < 1.29 is 19.8 Å². The summed E-state index contributed by atoms with van der Waals surface area (Å²) in [6, 6.07) is 6.49. The Morgan fingerprint density at radius 3 is 2.27 bits per heavy atom. The van der Waals surface area contributed by atoms with Crippen LogP contribution in [0.4, 0.5) is 0 Å². The molecule has 0 amide bonds. The number of carboxylic acids is 2. The van der Waals surface area contributed by atoms with E-state index in [9.17, 15) is 9.59 Å². The highest BCUT2D eigenvalue weighted by Crippen LogP contribution is 2.23. The third-order valence-corrected chi connectivity index (χ3v) is 3.04. The number of aromatic amines is 1. The number of fused-ring (bicyclic) bond motifs is 1. The van der Waals surface area contributed by atoms with Gasteiger partial charge in [-0.2, -0.15) is 0 Å². The van der Waals surface area contributed by atoms with Gasteiger partial charge in [-0.3, -0.25) is 0 Å². The maximum Gasteiger partial charge on any atom is 0.328 e. The van der Waals surface area contributed by atoms with Crippen LogP contribution in [-0.2, 0) is 16.0 Å². The molecule has 5 N–H and O–H groups in total. The molecule has 0 saturated carbocycles. The number of hydrogen-bond donors (Lipinski definition) is 4. The number of hydrogen-bond acceptors (Lipinski definition) is 3. The molecule has 0 aliphatic carbocycles. The summed E-state index contributed by atoms with van der Waals surface area (Å²) >= 11 is 0. The highest BCUT2D eigenvalue weighted by atomic mass is 16.4. The smallest absolute Gasteiger partial charge is 0.328 e. The summed E-state index contributed by atoms with van der Waals surface area (Å²) in [5.74, 6) is -2.51. The Bertz CT molecular complexity index is 685. The first-order valence-corrected chi connectivity index (χ1v) is 6.77. The van der Waals surface area contributed by atoms with Crippen molar-refractivity contribution in [2.24, 2.45) is 5.73 Å². The molecular formula is C16H20N2O4. The number of nitrogens with two attached hydrogens (primary N) is 1. The summed E-state index contributed by atoms with van der Waals surface area (Å²) < 4.78 is 0. The topological polar surface area (TPSA) is 116 Å². The minimum atomic E-state index is -1.26. The second-order valence-electron chi connectivity index (χ2n) is 4.83. The molecule has 2 aromatic rings. The number of carboxylic acid groups (broad SMARTS) is 2. The maximum atomic E-state index is 9.55. The van der Waals surface area contributed by atoms with Crippen LogP contribution in [0.3, 0.4) is 0 Å². The first-order valence-electron chi connectivity index (χ1n) is 6.77. The van der Waals surface area contributed by atoms with E-state index in [4.69, 9.17) is 15.9 Å². The number of aryl methyl sites for hydroxylation is 2. The predicted molar refractivity (Wildman–Crippen MR) is 84.9 cm³/mol. The van der Waals surface area contributed by atoms with Crippen LogP contribution < -0.4 is 5.73 Å². The molecule has 1 aromatic carbocycles. The summed E-state index contributed by atoms with van der Waals surface area (Å²) in [5, 5.41) is 17.0. The number of rotatable bonds is 4. The highest BCUT2D eigenvalue weighted by molar-refractivity contribution is 5.89. The van der Waals surface area contributed by atoms with Crippen LogP contribution in [0.5, 0.6) is 0 Å². The molecule has 1 heterocycles. The molecule has 2 rings (SSSR count). The summed E-state index contributed by atoms with van der Waals surface area (Å²) in [6.45, 7) is 4.94. The monoisotopic (exact) mass is 304 g/mol. The van der Waals surface area contributed by atoms with Crippen molar-refractivity contribution in [3.63, 3.8) is 0 Å². The lowest BCUT2D eigenvalue weighted by Gasteiger charge is -1.98. The third kappa shape index (κ3) is 5.06. The predicted octanol–water partition coefficient (Wildman–Crippen LogP) is 2.00. The van der Waals surface area contributed by atoms with Gasteiger partial charge in [-0.25, -0.2) is 9.59 Å². The molecule has 0 fully saturated rings. The Morgan fingerprint density at radius 2 is 1.77 bits per heavy atom. The zero-order chi connectivity index (χ0) is 16.7. The van der Waals surface area contributed by atoms with Crippen molar-refractivity contribution in [3.8, 4) is 0 Å². The molecule has 0 aliphatic heterocycles. The number of carbonyl (C=O) groups is 2. The van der Waals surface area contributed by atoms with Crippen molar-refractivity contribution in [2.45, 2.75) is 20.3 Å². The van der Waals surface area contributed by atoms with Gasteiger partial charge in [0.05, 0.1) is 0 Å². The maximum absolute atomic E-state index is 9.55. The van der Waals surface area contributed by atoms with Gasteiger partial charge in [-0.15, -0.1) is 0 Å². The van der Waals surface area contributed by atoms with E-state index in [0.29, 0.717) is 18.7 Å². The van der Waals surface area contributed by atoms with Gasteiger partial charge in [0, 0.05) is 28.7 Å². The second-order valence-corrected chi connectivity index (χ2v) is 4.83. The van der Waals surface area contributed by atoms with Crippen LogP contribution in [0, 0.1) is 13.8 Å². The Hall–Kier alpha value is -2.60. The first kappa shape index (κ1) is 17.5. The number of aromatic nitrogens is 1. The van der Waals surface area contributed by atoms with Crippen LogP contribution in [0.25, 0.3) is 10.9 Å². The van der Waals surface area contributed by atoms with Gasteiger partial charge in [0.25, 0.3) is 0 Å². The molecular weight excluding hydrogens is 284 g/mol. The first-order chi connectivity index (χ1) is 10.3. The van der Waals surface area contributed by atoms with E-state index in [1.54, 1.807) is 0 Å². The average Bonchev–Trinajstić information content (AvgIpc) is 2.74. The number of nitrogens with one attached hydrogen (secondary N) is 1. The van der Waals surface area contributed by atoms with Crippen molar-refractivity contribution in [3.05, 3.63) is 47.2 Å². The van der Waals surface area contributed by atoms with Gasteiger partial charge in [-0.1, -0.05) is 11.6 Å². The van der Waals surface area contributed by atoms with E-state index < -0.39 is 11.9 Å². The van der Waals surface area contributed by atoms with Crippen LogP contribution in [0.1, 0.15) is 16.8 Å². The van der Waals surface area contributed by atoms with Crippen molar-refractivity contribution in [1.29, 1.82) is 0 Å². The highest BCUT2D eigenvalue weighted by Gasteiger charge is 2.06. The van der Waals surface area contributed by atoms with Crippen LogP contribution >= 0.6 is 0 Å². The number of aliphatic carboxylic acids is 2. The zero-order valence-corrected chi connectivity index (χ0v) is 12.6. The van der Waals surface area contributed by atoms with Crippen molar-refractivity contribution in [1.82, 2.24) is 4.98 Å². The Balaban J connectivity index is 0.000000261. The van der Waals surface area contributed by atoms with E-state index in [0.717, 1.165) is 6.42 Å². The molecule has 0 unspecified atom stereocenters. The summed E-state index contributed by atoms with van der Waals surface area (Å²) in [5.41, 5.74) is 10.7. The van der Waals surface area contributed by atoms with Gasteiger partial charge in [0.1, 0.15) is 0 Å². The summed E-state index contributed by atoms with van der Waals surface area (Å²) in [7, 11) is 0. The molecule has 0 atom stereocenters. The van der Waals surface area contributed by atoms with Gasteiger partial charge in [-0.05, 0) is 44.5 Å². The van der Waals surface area contributed by atoms with Crippen molar-refractivity contribution >= 4 is 22.8 Å². The molecule has 118 valence electrons. The van der Waals surface area contributed by atoms with Gasteiger partial charge in [0.15, 0.2) is 0 Å². The molecule has 0 aliphatic rings. The van der Waals surface area contributed by atoms with Gasteiger partial charge >= 0.3 is 11.9 Å². The lowest BCUT2D eigenvalue weighted by atomic mass is 10.1. The Morgan fingerprint density at radius 1 is 1.18 bits per heavy atom. The van der Waals surface area contributed by atoms with E-state index >= 15 is 0 Å². The number of benzene rings is 1. The molecule has 1 aromatic heterocycles. The molecule has 0 spiro atoms. The molecule has 0 radical (unpaired) electrons. The van der Waals surface area contributed by atoms with Gasteiger partial charge < -0.3 is 20.9 Å². The molecule has 0 saturated heterocycles. The standard InChI is InChI=1S/C12H16N2.C4H4O4/c1-8-3-4-12-11(7-8)10(5-6-13)9(2)14-12;5-3(6)1-2-4(7)8/h3-4,7,14H,5-6,13H2,1-2H3;1-2H,(H,5,6)(H,7,8)/b;2-1-. The summed E-state index contributed by atoms with van der Waals surface area (Å²) in [6.07, 6.45) is 2.07. The average molecular weight is 304 g/mol. The van der Waals surface area contributed by atoms with E-state index in [1.807, 2.05) is 0 Å².